The van der Waals surface area contributed by atoms with Gasteiger partial charge in [0.2, 0.25) is 10.0 Å². The Bertz CT molecular complexity index is 591. The fourth-order valence-corrected chi connectivity index (χ4v) is 3.13. The van der Waals surface area contributed by atoms with Gasteiger partial charge in [-0.05, 0) is 53.9 Å². The molecule has 112 valence electrons. The quantitative estimate of drug-likeness (QED) is 0.775. The molecule has 2 N–H and O–H groups in total. The third-order valence-electron chi connectivity index (χ3n) is 2.59. The lowest BCUT2D eigenvalue weighted by molar-refractivity contribution is -0.137. The number of aliphatic carboxylic acids is 1. The number of benzene rings is 1. The van der Waals surface area contributed by atoms with E-state index in [1.165, 1.54) is 12.1 Å². The number of hydrogen-bond donors (Lipinski definition) is 2. The molecule has 0 saturated carbocycles. The van der Waals surface area contributed by atoms with Crippen LogP contribution in [0.25, 0.3) is 0 Å². The number of halogens is 2. The van der Waals surface area contributed by atoms with E-state index < -0.39 is 27.9 Å². The molecule has 8 heteroatoms. The highest BCUT2D eigenvalue weighted by atomic mass is 79.9. The minimum absolute atomic E-state index is 0.0149. The van der Waals surface area contributed by atoms with E-state index in [0.29, 0.717) is 12.8 Å². The van der Waals surface area contributed by atoms with Gasteiger partial charge in [-0.15, -0.1) is 0 Å². The average Bonchev–Trinajstić information content (AvgIpc) is 2.31. The zero-order valence-corrected chi connectivity index (χ0v) is 13.2. The summed E-state index contributed by atoms with van der Waals surface area (Å²) >= 11 is 2.95. The number of carbonyl (C=O) groups is 1. The summed E-state index contributed by atoms with van der Waals surface area (Å²) in [7, 11) is -3.81. The van der Waals surface area contributed by atoms with Gasteiger partial charge < -0.3 is 5.11 Å². The number of rotatable bonds is 7. The van der Waals surface area contributed by atoms with E-state index in [1.807, 2.05) is 0 Å². The highest BCUT2D eigenvalue weighted by Gasteiger charge is 2.18. The van der Waals surface area contributed by atoms with Crippen molar-refractivity contribution < 1.29 is 22.7 Å². The zero-order valence-electron chi connectivity index (χ0n) is 10.8. The number of nitrogens with one attached hydrogen (secondary N) is 1. The first kappa shape index (κ1) is 17.1. The molecule has 1 atom stereocenters. The van der Waals surface area contributed by atoms with Crippen LogP contribution in [0.5, 0.6) is 0 Å². The van der Waals surface area contributed by atoms with Crippen LogP contribution in [0.1, 0.15) is 26.2 Å². The fourth-order valence-electron chi connectivity index (χ4n) is 1.60. The molecule has 0 aliphatic carbocycles. The Morgan fingerprint density at radius 1 is 1.50 bits per heavy atom. The Balaban J connectivity index is 2.69. The summed E-state index contributed by atoms with van der Waals surface area (Å²) in [4.78, 5) is 10.2. The number of sulfonamides is 1. The predicted molar refractivity (Wildman–Crippen MR) is 75.4 cm³/mol. The van der Waals surface area contributed by atoms with Crippen molar-refractivity contribution in [2.75, 3.05) is 0 Å². The van der Waals surface area contributed by atoms with Gasteiger partial charge in [-0.2, -0.15) is 0 Å². The van der Waals surface area contributed by atoms with Gasteiger partial charge in [-0.3, -0.25) is 4.79 Å². The van der Waals surface area contributed by atoms with Crippen molar-refractivity contribution in [3.63, 3.8) is 0 Å². The fraction of sp³-hybridized carbons (Fsp3) is 0.417. The van der Waals surface area contributed by atoms with E-state index in [2.05, 4.69) is 20.7 Å². The van der Waals surface area contributed by atoms with Gasteiger partial charge in [0.15, 0.2) is 0 Å². The lowest BCUT2D eigenvalue weighted by atomic mass is 10.1. The Kier molecular flexibility index (Phi) is 6.09. The smallest absolute Gasteiger partial charge is 0.303 e. The molecule has 0 fully saturated rings. The van der Waals surface area contributed by atoms with Crippen molar-refractivity contribution in [2.45, 2.75) is 37.1 Å². The second-order valence-corrected chi connectivity index (χ2v) is 6.95. The minimum Gasteiger partial charge on any atom is -0.481 e. The maximum absolute atomic E-state index is 13.3. The largest absolute Gasteiger partial charge is 0.481 e. The highest BCUT2D eigenvalue weighted by molar-refractivity contribution is 9.10. The second kappa shape index (κ2) is 7.14. The van der Waals surface area contributed by atoms with Gasteiger partial charge in [0.25, 0.3) is 0 Å². The van der Waals surface area contributed by atoms with E-state index >= 15 is 0 Å². The van der Waals surface area contributed by atoms with Crippen LogP contribution in [0, 0.1) is 5.82 Å². The molecule has 0 aliphatic heterocycles. The Hall–Kier alpha value is -0.990. The molecule has 1 unspecified atom stereocenters. The molecule has 0 aliphatic rings. The van der Waals surface area contributed by atoms with Crippen LogP contribution in [0.15, 0.2) is 27.6 Å². The summed E-state index contributed by atoms with van der Waals surface area (Å²) in [5.74, 6) is -1.58. The zero-order chi connectivity index (χ0) is 15.3. The Morgan fingerprint density at radius 2 is 2.15 bits per heavy atom. The van der Waals surface area contributed by atoms with Crippen LogP contribution in [0.4, 0.5) is 4.39 Å². The molecular formula is C12H15BrFNO4S. The summed E-state index contributed by atoms with van der Waals surface area (Å²) < 4.78 is 39.9. The normalized spacial score (nSPS) is 13.2. The van der Waals surface area contributed by atoms with E-state index in [-0.39, 0.29) is 15.8 Å². The van der Waals surface area contributed by atoms with Crippen molar-refractivity contribution in [1.29, 1.82) is 0 Å². The molecule has 0 spiro atoms. The first-order chi connectivity index (χ1) is 9.22. The van der Waals surface area contributed by atoms with Gasteiger partial charge in [0.05, 0.1) is 9.37 Å². The molecule has 0 saturated heterocycles. The minimum atomic E-state index is -3.81. The average molecular weight is 368 g/mol. The van der Waals surface area contributed by atoms with Crippen molar-refractivity contribution in [3.05, 3.63) is 28.5 Å². The van der Waals surface area contributed by atoms with E-state index in [9.17, 15) is 17.6 Å². The summed E-state index contributed by atoms with van der Waals surface area (Å²) in [6.45, 7) is 1.63. The van der Waals surface area contributed by atoms with Gasteiger partial charge in [-0.1, -0.05) is 0 Å². The highest BCUT2D eigenvalue weighted by Crippen LogP contribution is 2.19. The van der Waals surface area contributed by atoms with Gasteiger partial charge >= 0.3 is 5.97 Å². The third kappa shape index (κ3) is 5.18. The molecule has 0 bridgehead atoms. The standard InChI is InChI=1S/C12H15BrFNO4S/c1-8(3-2-4-12(16)17)15-20(18,19)9-5-6-10(13)11(14)7-9/h5-8,15H,2-4H2,1H3,(H,16,17). The lowest BCUT2D eigenvalue weighted by Gasteiger charge is -2.14. The SMILES string of the molecule is CC(CCCC(=O)O)NS(=O)(=O)c1ccc(Br)c(F)c1. The molecular weight excluding hydrogens is 353 g/mol. The topological polar surface area (TPSA) is 83.5 Å². The molecule has 0 heterocycles. The predicted octanol–water partition coefficient (Wildman–Crippen LogP) is 2.51. The van der Waals surface area contributed by atoms with Crippen LogP contribution >= 0.6 is 15.9 Å². The molecule has 0 radical (unpaired) electrons. The van der Waals surface area contributed by atoms with Crippen LogP contribution < -0.4 is 4.72 Å². The van der Waals surface area contributed by atoms with Crippen LogP contribution in [0.2, 0.25) is 0 Å². The molecule has 0 amide bonds. The molecule has 1 aromatic rings. The monoisotopic (exact) mass is 367 g/mol. The molecule has 20 heavy (non-hydrogen) atoms. The molecule has 1 rings (SSSR count). The molecule has 0 aromatic heterocycles. The second-order valence-electron chi connectivity index (χ2n) is 4.38. The molecule has 1 aromatic carbocycles. The van der Waals surface area contributed by atoms with Gasteiger partial charge in [0.1, 0.15) is 5.82 Å². The number of carboxylic acid groups (broad SMARTS) is 1. The maximum atomic E-state index is 13.3. The first-order valence-electron chi connectivity index (χ1n) is 5.91. The van der Waals surface area contributed by atoms with Crippen molar-refractivity contribution in [1.82, 2.24) is 4.72 Å². The van der Waals surface area contributed by atoms with Crippen molar-refractivity contribution >= 4 is 31.9 Å². The van der Waals surface area contributed by atoms with Gasteiger partial charge in [-0.25, -0.2) is 17.5 Å². The summed E-state index contributed by atoms with van der Waals surface area (Å²) in [6.07, 6.45) is 0.747. The summed E-state index contributed by atoms with van der Waals surface area (Å²) in [5, 5.41) is 8.51. The summed E-state index contributed by atoms with van der Waals surface area (Å²) in [5.41, 5.74) is 0. The first-order valence-corrected chi connectivity index (χ1v) is 8.19. The molecule has 5 nitrogen and oxygen atoms in total. The van der Waals surface area contributed by atoms with Crippen molar-refractivity contribution in [2.24, 2.45) is 0 Å². The maximum Gasteiger partial charge on any atom is 0.303 e. The number of hydrogen-bond acceptors (Lipinski definition) is 3. The third-order valence-corrected chi connectivity index (χ3v) is 4.82. The Morgan fingerprint density at radius 3 is 2.70 bits per heavy atom. The van der Waals surface area contributed by atoms with Crippen LogP contribution in [0.3, 0.4) is 0 Å². The van der Waals surface area contributed by atoms with Crippen LogP contribution in [-0.4, -0.2) is 25.5 Å². The number of carboxylic acids is 1. The lowest BCUT2D eigenvalue weighted by Crippen LogP contribution is -2.32. The Labute approximate surface area is 125 Å². The van der Waals surface area contributed by atoms with Crippen molar-refractivity contribution in [3.8, 4) is 0 Å². The summed E-state index contributed by atoms with van der Waals surface area (Å²) in [6, 6.07) is 3.11. The van der Waals surface area contributed by atoms with E-state index in [4.69, 9.17) is 5.11 Å². The van der Waals surface area contributed by atoms with Gasteiger partial charge in [0, 0.05) is 12.5 Å². The van der Waals surface area contributed by atoms with E-state index in [1.54, 1.807) is 6.92 Å². The van der Waals surface area contributed by atoms with Crippen LogP contribution in [-0.2, 0) is 14.8 Å². The van der Waals surface area contributed by atoms with E-state index in [0.717, 1.165) is 6.07 Å².